The Morgan fingerprint density at radius 3 is 2.71 bits per heavy atom. The van der Waals surface area contributed by atoms with Crippen LogP contribution in [0.2, 0.25) is 0 Å². The molecule has 1 fully saturated rings. The van der Waals surface area contributed by atoms with Crippen molar-refractivity contribution < 1.29 is 8.42 Å². The summed E-state index contributed by atoms with van der Waals surface area (Å²) in [6.45, 7) is 5.50. The van der Waals surface area contributed by atoms with E-state index in [4.69, 9.17) is 0 Å². The molecule has 0 amide bonds. The molecule has 0 saturated carbocycles. The van der Waals surface area contributed by atoms with E-state index in [0.717, 1.165) is 12.1 Å². The van der Waals surface area contributed by atoms with Crippen molar-refractivity contribution in [2.75, 3.05) is 13.1 Å². The first-order valence-corrected chi connectivity index (χ1v) is 7.27. The summed E-state index contributed by atoms with van der Waals surface area (Å²) in [5, 5.41) is 3.18. The van der Waals surface area contributed by atoms with Crippen LogP contribution in [0.3, 0.4) is 0 Å². The maximum atomic E-state index is 12.1. The van der Waals surface area contributed by atoms with E-state index in [-0.39, 0.29) is 6.04 Å². The lowest BCUT2D eigenvalue weighted by molar-refractivity contribution is 0.502. The Kier molecular flexibility index (Phi) is 3.51. The Bertz CT molecular complexity index is 499. The molecule has 2 unspecified atom stereocenters. The first kappa shape index (κ1) is 12.5. The Labute approximate surface area is 102 Å². The minimum absolute atomic E-state index is 0.0134. The Morgan fingerprint density at radius 1 is 1.35 bits per heavy atom. The van der Waals surface area contributed by atoms with Gasteiger partial charge < -0.3 is 5.32 Å². The van der Waals surface area contributed by atoms with Gasteiger partial charge in [0.15, 0.2) is 0 Å². The molecule has 2 N–H and O–H groups in total. The van der Waals surface area contributed by atoms with Crippen molar-refractivity contribution in [3.63, 3.8) is 0 Å². The third-order valence-electron chi connectivity index (χ3n) is 3.12. The highest BCUT2D eigenvalue weighted by Gasteiger charge is 2.28. The SMILES string of the molecule is Cc1cccc(S(=O)(=O)NC2CNCC2C)c1. The fourth-order valence-corrected chi connectivity index (χ4v) is 3.47. The molecule has 4 nitrogen and oxygen atoms in total. The zero-order valence-electron chi connectivity index (χ0n) is 10.1. The summed E-state index contributed by atoms with van der Waals surface area (Å²) >= 11 is 0. The van der Waals surface area contributed by atoms with Crippen molar-refractivity contribution in [3.05, 3.63) is 29.8 Å². The van der Waals surface area contributed by atoms with E-state index >= 15 is 0 Å². The first-order chi connectivity index (χ1) is 7.99. The summed E-state index contributed by atoms with van der Waals surface area (Å²) in [7, 11) is -3.39. The minimum atomic E-state index is -3.39. The van der Waals surface area contributed by atoms with Crippen molar-refractivity contribution in [1.29, 1.82) is 0 Å². The number of hydrogen-bond acceptors (Lipinski definition) is 3. The van der Waals surface area contributed by atoms with E-state index in [1.165, 1.54) is 0 Å². The largest absolute Gasteiger partial charge is 0.315 e. The Hall–Kier alpha value is -0.910. The summed E-state index contributed by atoms with van der Waals surface area (Å²) < 4.78 is 27.1. The molecule has 0 spiro atoms. The van der Waals surface area contributed by atoms with Gasteiger partial charge in [0.25, 0.3) is 0 Å². The van der Waals surface area contributed by atoms with Gasteiger partial charge in [0.2, 0.25) is 10.0 Å². The second kappa shape index (κ2) is 4.76. The monoisotopic (exact) mass is 254 g/mol. The Balaban J connectivity index is 2.19. The van der Waals surface area contributed by atoms with Gasteiger partial charge >= 0.3 is 0 Å². The Morgan fingerprint density at radius 2 is 2.12 bits per heavy atom. The van der Waals surface area contributed by atoms with Crippen LogP contribution >= 0.6 is 0 Å². The molecule has 1 saturated heterocycles. The molecule has 0 aromatic heterocycles. The summed E-state index contributed by atoms with van der Waals surface area (Å²) in [6.07, 6.45) is 0. The van der Waals surface area contributed by atoms with E-state index < -0.39 is 10.0 Å². The fraction of sp³-hybridized carbons (Fsp3) is 0.500. The smallest absolute Gasteiger partial charge is 0.240 e. The van der Waals surface area contributed by atoms with E-state index in [9.17, 15) is 8.42 Å². The molecule has 5 heteroatoms. The number of hydrogen-bond donors (Lipinski definition) is 2. The minimum Gasteiger partial charge on any atom is -0.315 e. The number of benzene rings is 1. The van der Waals surface area contributed by atoms with E-state index in [2.05, 4.69) is 10.0 Å². The summed E-state index contributed by atoms with van der Waals surface area (Å²) in [4.78, 5) is 0.344. The highest BCUT2D eigenvalue weighted by molar-refractivity contribution is 7.89. The zero-order chi connectivity index (χ0) is 12.5. The molecular formula is C12H18N2O2S. The second-order valence-corrected chi connectivity index (χ2v) is 6.39. The van der Waals surface area contributed by atoms with Crippen LogP contribution in [0, 0.1) is 12.8 Å². The van der Waals surface area contributed by atoms with Gasteiger partial charge in [-0.3, -0.25) is 0 Å². The van der Waals surface area contributed by atoms with Crippen LogP contribution in [0.15, 0.2) is 29.2 Å². The van der Waals surface area contributed by atoms with Gasteiger partial charge in [0.05, 0.1) is 4.90 Å². The molecule has 94 valence electrons. The van der Waals surface area contributed by atoms with Crippen LogP contribution in [0.4, 0.5) is 0 Å². The van der Waals surface area contributed by atoms with Crippen LogP contribution in [-0.2, 0) is 10.0 Å². The third-order valence-corrected chi connectivity index (χ3v) is 4.61. The molecule has 1 aromatic carbocycles. The third kappa shape index (κ3) is 2.86. The topological polar surface area (TPSA) is 58.2 Å². The summed E-state index contributed by atoms with van der Waals surface area (Å²) in [5.74, 6) is 0.328. The maximum absolute atomic E-state index is 12.1. The standard InChI is InChI=1S/C12H18N2O2S/c1-9-4-3-5-11(6-9)17(15,16)14-12-8-13-7-10(12)2/h3-6,10,12-14H,7-8H2,1-2H3. The predicted octanol–water partition coefficient (Wildman–Crippen LogP) is 0.881. The molecular weight excluding hydrogens is 236 g/mol. The molecule has 1 aromatic rings. The molecule has 1 aliphatic heterocycles. The van der Waals surface area contributed by atoms with Gasteiger partial charge in [-0.25, -0.2) is 13.1 Å². The average Bonchev–Trinajstić information content (AvgIpc) is 2.64. The molecule has 0 bridgehead atoms. The molecule has 2 rings (SSSR count). The zero-order valence-corrected chi connectivity index (χ0v) is 10.9. The van der Waals surface area contributed by atoms with E-state index in [0.29, 0.717) is 17.4 Å². The molecule has 1 heterocycles. The number of rotatable bonds is 3. The highest BCUT2D eigenvalue weighted by Crippen LogP contribution is 2.14. The van der Waals surface area contributed by atoms with Crippen LogP contribution < -0.4 is 10.0 Å². The number of aryl methyl sites for hydroxylation is 1. The van der Waals surface area contributed by atoms with E-state index in [1.807, 2.05) is 19.9 Å². The van der Waals surface area contributed by atoms with Gasteiger partial charge in [-0.2, -0.15) is 0 Å². The second-order valence-electron chi connectivity index (χ2n) is 4.68. The first-order valence-electron chi connectivity index (χ1n) is 5.79. The summed E-state index contributed by atoms with van der Waals surface area (Å²) in [6, 6.07) is 6.96. The molecule has 0 radical (unpaired) electrons. The van der Waals surface area contributed by atoms with Crippen molar-refractivity contribution in [2.24, 2.45) is 5.92 Å². The molecule has 2 atom stereocenters. The maximum Gasteiger partial charge on any atom is 0.240 e. The van der Waals surface area contributed by atoms with E-state index in [1.54, 1.807) is 18.2 Å². The predicted molar refractivity (Wildman–Crippen MR) is 67.3 cm³/mol. The van der Waals surface area contributed by atoms with Crippen LogP contribution in [-0.4, -0.2) is 27.5 Å². The van der Waals surface area contributed by atoms with Gasteiger partial charge in [-0.1, -0.05) is 19.1 Å². The van der Waals surface area contributed by atoms with Crippen molar-refractivity contribution in [1.82, 2.24) is 10.0 Å². The number of sulfonamides is 1. The van der Waals surface area contributed by atoms with Crippen LogP contribution in [0.5, 0.6) is 0 Å². The highest BCUT2D eigenvalue weighted by atomic mass is 32.2. The molecule has 17 heavy (non-hydrogen) atoms. The quantitative estimate of drug-likeness (QED) is 0.842. The van der Waals surface area contributed by atoms with Crippen molar-refractivity contribution in [3.8, 4) is 0 Å². The van der Waals surface area contributed by atoms with Gasteiger partial charge in [-0.15, -0.1) is 0 Å². The molecule has 0 aliphatic carbocycles. The lowest BCUT2D eigenvalue weighted by atomic mass is 10.1. The lowest BCUT2D eigenvalue weighted by Gasteiger charge is -2.16. The lowest BCUT2D eigenvalue weighted by Crippen LogP contribution is -2.39. The summed E-state index contributed by atoms with van der Waals surface area (Å²) in [5.41, 5.74) is 0.950. The van der Waals surface area contributed by atoms with Crippen molar-refractivity contribution >= 4 is 10.0 Å². The average molecular weight is 254 g/mol. The number of nitrogens with one attached hydrogen (secondary N) is 2. The van der Waals surface area contributed by atoms with Gasteiger partial charge in [-0.05, 0) is 37.1 Å². The molecule has 1 aliphatic rings. The normalized spacial score (nSPS) is 25.1. The fourth-order valence-electron chi connectivity index (χ4n) is 2.02. The van der Waals surface area contributed by atoms with Crippen molar-refractivity contribution in [2.45, 2.75) is 24.8 Å². The van der Waals surface area contributed by atoms with Crippen LogP contribution in [0.1, 0.15) is 12.5 Å². The van der Waals surface area contributed by atoms with Gasteiger partial charge in [0.1, 0.15) is 0 Å². The van der Waals surface area contributed by atoms with Gasteiger partial charge in [0, 0.05) is 12.6 Å². The van der Waals surface area contributed by atoms with Crippen LogP contribution in [0.25, 0.3) is 0 Å².